The van der Waals surface area contributed by atoms with Crippen molar-refractivity contribution in [2.24, 2.45) is 0 Å². The minimum Gasteiger partial charge on any atom is -0.486 e. The number of nitrogens with one attached hydrogen (secondary N) is 1. The first kappa shape index (κ1) is 12.7. The molecule has 2 aromatic carbocycles. The number of aryl methyl sites for hydroxylation is 3. The molecule has 0 aliphatic rings. The summed E-state index contributed by atoms with van der Waals surface area (Å²) in [6.07, 6.45) is 0. The fraction of sp³-hybridized carbons (Fsp3) is 0.235. The number of H-pyrrole nitrogens is 1. The average Bonchev–Trinajstić information content (AvgIpc) is 2.85. The monoisotopic (exact) mass is 266 g/mol. The van der Waals surface area contributed by atoms with E-state index >= 15 is 0 Å². The summed E-state index contributed by atoms with van der Waals surface area (Å²) >= 11 is 0. The van der Waals surface area contributed by atoms with Crippen molar-refractivity contribution < 1.29 is 4.74 Å². The third-order valence-electron chi connectivity index (χ3n) is 3.62. The van der Waals surface area contributed by atoms with Crippen LogP contribution in [0, 0.1) is 20.8 Å². The molecule has 0 amide bonds. The van der Waals surface area contributed by atoms with E-state index in [9.17, 15) is 0 Å². The molecule has 102 valence electrons. The van der Waals surface area contributed by atoms with Crippen LogP contribution in [0.5, 0.6) is 5.75 Å². The fourth-order valence-electron chi connectivity index (χ4n) is 2.25. The smallest absolute Gasteiger partial charge is 0.146 e. The molecule has 3 nitrogen and oxygen atoms in total. The molecule has 3 aromatic rings. The first-order valence-corrected chi connectivity index (χ1v) is 6.78. The quantitative estimate of drug-likeness (QED) is 0.776. The zero-order chi connectivity index (χ0) is 14.1. The van der Waals surface area contributed by atoms with Gasteiger partial charge < -0.3 is 9.72 Å². The van der Waals surface area contributed by atoms with Crippen molar-refractivity contribution in [3.63, 3.8) is 0 Å². The molecule has 3 heteroatoms. The highest BCUT2D eigenvalue weighted by molar-refractivity contribution is 5.78. The molecule has 0 saturated carbocycles. The van der Waals surface area contributed by atoms with Crippen LogP contribution in [0.2, 0.25) is 0 Å². The molecule has 20 heavy (non-hydrogen) atoms. The molecule has 0 fully saturated rings. The van der Waals surface area contributed by atoms with Gasteiger partial charge in [-0.15, -0.1) is 0 Å². The van der Waals surface area contributed by atoms with Gasteiger partial charge in [0.2, 0.25) is 0 Å². The number of aromatic amines is 1. The van der Waals surface area contributed by atoms with Gasteiger partial charge in [-0.2, -0.15) is 0 Å². The van der Waals surface area contributed by atoms with Gasteiger partial charge in [-0.1, -0.05) is 18.2 Å². The Bertz CT molecular complexity index is 759. The maximum Gasteiger partial charge on any atom is 0.146 e. The van der Waals surface area contributed by atoms with Gasteiger partial charge in [0.05, 0.1) is 11.0 Å². The summed E-state index contributed by atoms with van der Waals surface area (Å²) in [4.78, 5) is 7.88. The summed E-state index contributed by atoms with van der Waals surface area (Å²) in [5.74, 6) is 1.73. The Morgan fingerprint density at radius 1 is 1.00 bits per heavy atom. The SMILES string of the molecule is Cc1ccc(OCc2nc3c(C)cccc3[nH]2)cc1C. The van der Waals surface area contributed by atoms with Crippen molar-refractivity contribution in [2.75, 3.05) is 0 Å². The van der Waals surface area contributed by atoms with Crippen molar-refractivity contribution in [3.05, 3.63) is 58.9 Å². The second-order valence-electron chi connectivity index (χ2n) is 5.19. The molecule has 3 rings (SSSR count). The zero-order valence-corrected chi connectivity index (χ0v) is 12.0. The minimum absolute atomic E-state index is 0.455. The lowest BCUT2D eigenvalue weighted by Crippen LogP contribution is -1.98. The molecule has 1 heterocycles. The van der Waals surface area contributed by atoms with E-state index in [4.69, 9.17) is 4.74 Å². The summed E-state index contributed by atoms with van der Waals surface area (Å²) in [5.41, 5.74) is 5.77. The summed E-state index contributed by atoms with van der Waals surface area (Å²) in [6.45, 7) is 6.71. The van der Waals surface area contributed by atoms with Crippen LogP contribution in [0.15, 0.2) is 36.4 Å². The minimum atomic E-state index is 0.455. The third-order valence-corrected chi connectivity index (χ3v) is 3.62. The Labute approximate surface area is 118 Å². The Morgan fingerprint density at radius 3 is 2.60 bits per heavy atom. The van der Waals surface area contributed by atoms with Crippen LogP contribution >= 0.6 is 0 Å². The lowest BCUT2D eigenvalue weighted by molar-refractivity contribution is 0.297. The maximum atomic E-state index is 5.80. The number of para-hydroxylation sites is 1. The van der Waals surface area contributed by atoms with Gasteiger partial charge in [0.25, 0.3) is 0 Å². The third kappa shape index (κ3) is 2.39. The van der Waals surface area contributed by atoms with Crippen molar-refractivity contribution in [2.45, 2.75) is 27.4 Å². The molecule has 0 radical (unpaired) electrons. The number of hydrogen-bond acceptors (Lipinski definition) is 2. The highest BCUT2D eigenvalue weighted by Gasteiger charge is 2.05. The predicted octanol–water partition coefficient (Wildman–Crippen LogP) is 4.07. The molecule has 0 aliphatic heterocycles. The number of rotatable bonds is 3. The number of imidazole rings is 1. The van der Waals surface area contributed by atoms with Gasteiger partial charge in [-0.05, 0) is 55.7 Å². The van der Waals surface area contributed by atoms with Crippen molar-refractivity contribution in [1.82, 2.24) is 9.97 Å². The van der Waals surface area contributed by atoms with Gasteiger partial charge in [0.1, 0.15) is 18.2 Å². The number of nitrogens with zero attached hydrogens (tertiary/aromatic N) is 1. The van der Waals surface area contributed by atoms with E-state index in [1.165, 1.54) is 16.7 Å². The van der Waals surface area contributed by atoms with Gasteiger partial charge in [-0.3, -0.25) is 0 Å². The number of fused-ring (bicyclic) bond motifs is 1. The number of aromatic nitrogens is 2. The van der Waals surface area contributed by atoms with Crippen LogP contribution in [-0.2, 0) is 6.61 Å². The van der Waals surface area contributed by atoms with Crippen molar-refractivity contribution >= 4 is 11.0 Å². The number of benzene rings is 2. The molecule has 0 unspecified atom stereocenters. The van der Waals surface area contributed by atoms with Crippen molar-refractivity contribution in [3.8, 4) is 5.75 Å². The van der Waals surface area contributed by atoms with E-state index in [1.807, 2.05) is 18.2 Å². The first-order valence-electron chi connectivity index (χ1n) is 6.78. The number of ether oxygens (including phenoxy) is 1. The Hall–Kier alpha value is -2.29. The first-order chi connectivity index (χ1) is 9.63. The van der Waals surface area contributed by atoms with Crippen LogP contribution in [0.25, 0.3) is 11.0 Å². The predicted molar refractivity (Wildman–Crippen MR) is 81.1 cm³/mol. The van der Waals surface area contributed by atoms with Gasteiger partial charge in [-0.25, -0.2) is 4.98 Å². The molecule has 0 atom stereocenters. The zero-order valence-electron chi connectivity index (χ0n) is 12.0. The summed E-state index contributed by atoms with van der Waals surface area (Å²) in [5, 5.41) is 0. The highest BCUT2D eigenvalue weighted by atomic mass is 16.5. The Balaban J connectivity index is 1.79. The van der Waals surface area contributed by atoms with Gasteiger partial charge in [0, 0.05) is 0 Å². The van der Waals surface area contributed by atoms with Gasteiger partial charge in [0.15, 0.2) is 0 Å². The summed E-state index contributed by atoms with van der Waals surface area (Å²) in [7, 11) is 0. The molecular formula is C17H18N2O. The van der Waals surface area contributed by atoms with E-state index in [2.05, 4.69) is 48.9 Å². The highest BCUT2D eigenvalue weighted by Crippen LogP contribution is 2.19. The topological polar surface area (TPSA) is 37.9 Å². The summed E-state index contributed by atoms with van der Waals surface area (Å²) in [6, 6.07) is 12.3. The lowest BCUT2D eigenvalue weighted by Gasteiger charge is -2.06. The van der Waals surface area contributed by atoms with Crippen LogP contribution in [0.4, 0.5) is 0 Å². The molecule has 0 aliphatic carbocycles. The molecule has 0 bridgehead atoms. The Kier molecular flexibility index (Phi) is 3.18. The van der Waals surface area contributed by atoms with E-state index in [0.717, 1.165) is 22.6 Å². The summed E-state index contributed by atoms with van der Waals surface area (Å²) < 4.78 is 5.80. The van der Waals surface area contributed by atoms with Gasteiger partial charge >= 0.3 is 0 Å². The van der Waals surface area contributed by atoms with Crippen LogP contribution in [-0.4, -0.2) is 9.97 Å². The second kappa shape index (κ2) is 5.00. The molecule has 1 N–H and O–H groups in total. The van der Waals surface area contributed by atoms with Crippen LogP contribution in [0.1, 0.15) is 22.5 Å². The second-order valence-corrected chi connectivity index (χ2v) is 5.19. The van der Waals surface area contributed by atoms with E-state index < -0.39 is 0 Å². The molecule has 0 spiro atoms. The van der Waals surface area contributed by atoms with Crippen LogP contribution < -0.4 is 4.74 Å². The van der Waals surface area contributed by atoms with E-state index in [0.29, 0.717) is 6.61 Å². The average molecular weight is 266 g/mol. The standard InChI is InChI=1S/C17H18N2O/c1-11-7-8-14(9-13(11)3)20-10-16-18-15-6-4-5-12(2)17(15)19-16/h4-9H,10H2,1-3H3,(H,18,19). The molecule has 1 aromatic heterocycles. The number of hydrogen-bond donors (Lipinski definition) is 1. The lowest BCUT2D eigenvalue weighted by atomic mass is 10.1. The molecule has 0 saturated heterocycles. The Morgan fingerprint density at radius 2 is 1.85 bits per heavy atom. The van der Waals surface area contributed by atoms with Crippen LogP contribution in [0.3, 0.4) is 0 Å². The van der Waals surface area contributed by atoms with E-state index in [-0.39, 0.29) is 0 Å². The largest absolute Gasteiger partial charge is 0.486 e. The fourth-order valence-corrected chi connectivity index (χ4v) is 2.25. The van der Waals surface area contributed by atoms with E-state index in [1.54, 1.807) is 0 Å². The normalized spacial score (nSPS) is 10.9. The molecular weight excluding hydrogens is 248 g/mol. The maximum absolute atomic E-state index is 5.80. The van der Waals surface area contributed by atoms with Crippen molar-refractivity contribution in [1.29, 1.82) is 0 Å².